The minimum absolute atomic E-state index is 0.0478. The Kier molecular flexibility index (Phi) is 5.64. The van der Waals surface area contributed by atoms with Crippen LogP contribution in [0, 0.1) is 11.3 Å². The smallest absolute Gasteiger partial charge is 0.275 e. The van der Waals surface area contributed by atoms with Gasteiger partial charge in [-0.2, -0.15) is 10.4 Å². The van der Waals surface area contributed by atoms with Gasteiger partial charge in [0.25, 0.3) is 5.91 Å². The number of hydrogen-bond donors (Lipinski definition) is 0. The minimum Gasteiger partial charge on any atom is -0.463 e. The van der Waals surface area contributed by atoms with Crippen LogP contribution in [-0.4, -0.2) is 27.1 Å². The van der Waals surface area contributed by atoms with Crippen LogP contribution in [0.5, 0.6) is 0 Å². The molecule has 0 bridgehead atoms. The zero-order valence-corrected chi connectivity index (χ0v) is 16.7. The molecule has 0 aliphatic carbocycles. The van der Waals surface area contributed by atoms with Gasteiger partial charge in [-0.25, -0.2) is 4.68 Å². The van der Waals surface area contributed by atoms with Crippen LogP contribution in [-0.2, 0) is 6.54 Å². The number of furan rings is 1. The summed E-state index contributed by atoms with van der Waals surface area (Å²) in [5.74, 6) is 0.227. The normalized spacial score (nSPS) is 10.5. The number of amides is 1. The molecule has 148 valence electrons. The van der Waals surface area contributed by atoms with E-state index < -0.39 is 0 Å². The summed E-state index contributed by atoms with van der Waals surface area (Å²) < 4.78 is 7.15. The van der Waals surface area contributed by atoms with Gasteiger partial charge in [0.05, 0.1) is 18.0 Å². The highest BCUT2D eigenvalue weighted by Gasteiger charge is 2.23. The molecular formula is C23H17ClN4O2. The number of benzene rings is 2. The predicted molar refractivity (Wildman–Crippen MR) is 113 cm³/mol. The van der Waals surface area contributed by atoms with E-state index in [2.05, 4.69) is 11.2 Å². The molecule has 0 radical (unpaired) electrons. The van der Waals surface area contributed by atoms with E-state index in [4.69, 9.17) is 16.0 Å². The molecule has 0 spiro atoms. The van der Waals surface area contributed by atoms with Gasteiger partial charge in [0.1, 0.15) is 12.2 Å². The van der Waals surface area contributed by atoms with Crippen molar-refractivity contribution in [1.29, 1.82) is 5.26 Å². The number of nitriles is 1. The molecule has 6 nitrogen and oxygen atoms in total. The van der Waals surface area contributed by atoms with Crippen LogP contribution in [0.4, 0.5) is 0 Å². The monoisotopic (exact) mass is 416 g/mol. The molecule has 0 N–H and O–H groups in total. The van der Waals surface area contributed by atoms with Crippen LogP contribution < -0.4 is 0 Å². The Morgan fingerprint density at radius 3 is 2.63 bits per heavy atom. The maximum atomic E-state index is 13.2. The molecule has 2 aromatic carbocycles. The summed E-state index contributed by atoms with van der Waals surface area (Å²) in [6.07, 6.45) is 1.56. The molecule has 0 saturated heterocycles. The molecule has 0 saturated carbocycles. The largest absolute Gasteiger partial charge is 0.463 e. The number of carbonyl (C=O) groups excluding carboxylic acids is 1. The summed E-state index contributed by atoms with van der Waals surface area (Å²) in [7, 11) is 0. The zero-order valence-electron chi connectivity index (χ0n) is 15.9. The number of rotatable bonds is 6. The van der Waals surface area contributed by atoms with Gasteiger partial charge in [-0.15, -0.1) is 0 Å². The molecule has 1 amide bonds. The summed E-state index contributed by atoms with van der Waals surface area (Å²) in [5.41, 5.74) is 2.46. The molecular weight excluding hydrogens is 400 g/mol. The lowest BCUT2D eigenvalue weighted by Crippen LogP contribution is -2.31. The molecule has 0 atom stereocenters. The second-order valence-corrected chi connectivity index (χ2v) is 7.03. The zero-order chi connectivity index (χ0) is 20.9. The van der Waals surface area contributed by atoms with E-state index in [1.165, 1.54) is 4.90 Å². The van der Waals surface area contributed by atoms with E-state index in [9.17, 15) is 10.1 Å². The van der Waals surface area contributed by atoms with Crippen molar-refractivity contribution in [3.63, 3.8) is 0 Å². The van der Waals surface area contributed by atoms with E-state index in [0.29, 0.717) is 28.7 Å². The Morgan fingerprint density at radius 2 is 1.93 bits per heavy atom. The van der Waals surface area contributed by atoms with Crippen LogP contribution in [0.1, 0.15) is 16.1 Å². The van der Waals surface area contributed by atoms with Gasteiger partial charge in [-0.05, 0) is 35.9 Å². The van der Waals surface area contributed by atoms with Gasteiger partial charge in [-0.1, -0.05) is 48.0 Å². The molecule has 4 aromatic rings. The second-order valence-electron chi connectivity index (χ2n) is 6.59. The molecule has 0 aliphatic rings. The first-order valence-electron chi connectivity index (χ1n) is 9.26. The summed E-state index contributed by atoms with van der Waals surface area (Å²) in [5, 5.41) is 14.3. The number of nitrogens with zero attached hydrogens (tertiary/aromatic N) is 4. The van der Waals surface area contributed by atoms with Crippen LogP contribution >= 0.6 is 11.6 Å². The Bertz CT molecular complexity index is 1190. The van der Waals surface area contributed by atoms with Gasteiger partial charge in [0.15, 0.2) is 11.5 Å². The fourth-order valence-electron chi connectivity index (χ4n) is 3.14. The van der Waals surface area contributed by atoms with Crippen molar-refractivity contribution in [2.24, 2.45) is 0 Å². The van der Waals surface area contributed by atoms with Crippen molar-refractivity contribution in [2.75, 3.05) is 6.54 Å². The fraction of sp³-hybridized carbons (Fsp3) is 0.0870. The van der Waals surface area contributed by atoms with Crippen molar-refractivity contribution in [3.05, 3.63) is 95.3 Å². The minimum atomic E-state index is -0.339. The van der Waals surface area contributed by atoms with Gasteiger partial charge >= 0.3 is 0 Å². The van der Waals surface area contributed by atoms with E-state index >= 15 is 0 Å². The number of carbonyl (C=O) groups is 1. The SMILES string of the molecule is N#CCN(Cc1ccccc1)C(=O)c1cc(-c2ccco2)n(-c2cccc(Cl)c2)n1. The third-order valence-electron chi connectivity index (χ3n) is 4.52. The number of aromatic nitrogens is 2. The van der Waals surface area contributed by atoms with Crippen molar-refractivity contribution >= 4 is 17.5 Å². The lowest BCUT2D eigenvalue weighted by molar-refractivity contribution is 0.0758. The van der Waals surface area contributed by atoms with Crippen molar-refractivity contribution in [1.82, 2.24) is 14.7 Å². The maximum absolute atomic E-state index is 13.2. The lowest BCUT2D eigenvalue weighted by atomic mass is 10.2. The number of hydrogen-bond acceptors (Lipinski definition) is 4. The molecule has 2 aromatic heterocycles. The summed E-state index contributed by atoms with van der Waals surface area (Å²) in [6.45, 7) is 0.265. The summed E-state index contributed by atoms with van der Waals surface area (Å²) >= 11 is 6.15. The first-order valence-corrected chi connectivity index (χ1v) is 9.63. The fourth-order valence-corrected chi connectivity index (χ4v) is 3.33. The Hall–Kier alpha value is -3.82. The first-order chi connectivity index (χ1) is 14.7. The maximum Gasteiger partial charge on any atom is 0.275 e. The van der Waals surface area contributed by atoms with E-state index in [1.807, 2.05) is 42.5 Å². The molecule has 0 unspecified atom stereocenters. The molecule has 2 heterocycles. The van der Waals surface area contributed by atoms with Crippen molar-refractivity contribution in [2.45, 2.75) is 6.54 Å². The van der Waals surface area contributed by atoms with Gasteiger partial charge in [-0.3, -0.25) is 4.79 Å². The van der Waals surface area contributed by atoms with Crippen LogP contribution in [0.25, 0.3) is 17.1 Å². The topological polar surface area (TPSA) is 75.1 Å². The Balaban J connectivity index is 1.73. The average Bonchev–Trinajstić information content (AvgIpc) is 3.43. The molecule has 0 fully saturated rings. The van der Waals surface area contributed by atoms with Crippen LogP contribution in [0.2, 0.25) is 5.02 Å². The van der Waals surface area contributed by atoms with Crippen LogP contribution in [0.15, 0.2) is 83.5 Å². The Morgan fingerprint density at radius 1 is 1.10 bits per heavy atom. The molecule has 30 heavy (non-hydrogen) atoms. The Labute approximate surface area is 178 Å². The molecule has 7 heteroatoms. The van der Waals surface area contributed by atoms with Gasteiger partial charge in [0.2, 0.25) is 0 Å². The highest BCUT2D eigenvalue weighted by molar-refractivity contribution is 6.30. The second kappa shape index (κ2) is 8.68. The van der Waals surface area contributed by atoms with Gasteiger partial charge < -0.3 is 9.32 Å². The van der Waals surface area contributed by atoms with Gasteiger partial charge in [0, 0.05) is 17.6 Å². The summed E-state index contributed by atoms with van der Waals surface area (Å²) in [4.78, 5) is 14.7. The van der Waals surface area contributed by atoms with Crippen LogP contribution in [0.3, 0.4) is 0 Å². The van der Waals surface area contributed by atoms with Crippen molar-refractivity contribution in [3.8, 4) is 23.2 Å². The molecule has 0 aliphatic heterocycles. The first kappa shape index (κ1) is 19.5. The average molecular weight is 417 g/mol. The van der Waals surface area contributed by atoms with E-state index in [-0.39, 0.29) is 18.1 Å². The predicted octanol–water partition coefficient (Wildman–Crippen LogP) is 4.95. The lowest BCUT2D eigenvalue weighted by Gasteiger charge is -2.18. The quantitative estimate of drug-likeness (QED) is 0.417. The third kappa shape index (κ3) is 4.12. The highest BCUT2D eigenvalue weighted by atomic mass is 35.5. The third-order valence-corrected chi connectivity index (χ3v) is 4.76. The number of halogens is 1. The van der Waals surface area contributed by atoms with Crippen molar-refractivity contribution < 1.29 is 9.21 Å². The summed E-state index contributed by atoms with van der Waals surface area (Å²) in [6, 6.07) is 24.0. The standard InChI is InChI=1S/C23H17ClN4O2/c24-18-8-4-9-19(14-18)28-21(22-10-5-13-30-22)15-20(26-28)23(29)27(12-11-25)16-17-6-2-1-3-7-17/h1-10,13-15H,12,16H2. The van der Waals surface area contributed by atoms with E-state index in [0.717, 1.165) is 5.56 Å². The van der Waals surface area contributed by atoms with E-state index in [1.54, 1.807) is 41.3 Å². The highest BCUT2D eigenvalue weighted by Crippen LogP contribution is 2.26. The molecule has 4 rings (SSSR count).